The molecule has 0 fully saturated rings. The van der Waals surface area contributed by atoms with Crippen molar-refractivity contribution < 1.29 is 19.5 Å². The van der Waals surface area contributed by atoms with Crippen molar-refractivity contribution in [3.8, 4) is 5.75 Å². The Balaban J connectivity index is 2.53. The minimum Gasteiger partial charge on any atom is -0.491 e. The first-order chi connectivity index (χ1) is 8.54. The highest BCUT2D eigenvalue weighted by Gasteiger charge is 2.13. The number of ether oxygens (including phenoxy) is 2. The molecular formula is C11H14ClNO5. The van der Waals surface area contributed by atoms with Crippen LogP contribution in [0, 0.1) is 10.1 Å². The number of hydrogen-bond donors (Lipinski definition) is 1. The van der Waals surface area contributed by atoms with E-state index in [9.17, 15) is 15.2 Å². The number of nitro groups is 1. The first kappa shape index (κ1) is 14.7. The second-order valence-corrected chi connectivity index (χ2v) is 3.90. The lowest BCUT2D eigenvalue weighted by atomic mass is 10.3. The van der Waals surface area contributed by atoms with Gasteiger partial charge < -0.3 is 14.6 Å². The molecule has 1 N–H and O–H groups in total. The zero-order chi connectivity index (χ0) is 13.5. The van der Waals surface area contributed by atoms with Gasteiger partial charge in [0, 0.05) is 18.7 Å². The summed E-state index contributed by atoms with van der Waals surface area (Å²) in [6, 6.07) is 4.02. The van der Waals surface area contributed by atoms with Gasteiger partial charge in [-0.25, -0.2) is 0 Å². The Morgan fingerprint density at radius 3 is 2.78 bits per heavy atom. The molecular weight excluding hydrogens is 262 g/mol. The molecule has 1 atom stereocenters. The van der Waals surface area contributed by atoms with Crippen LogP contribution >= 0.6 is 11.6 Å². The predicted molar refractivity (Wildman–Crippen MR) is 66.1 cm³/mol. The Labute approximate surface area is 109 Å². The monoisotopic (exact) mass is 275 g/mol. The van der Waals surface area contributed by atoms with Crippen molar-refractivity contribution in [2.75, 3.05) is 19.8 Å². The van der Waals surface area contributed by atoms with E-state index in [1.807, 2.05) is 6.92 Å². The van der Waals surface area contributed by atoms with Gasteiger partial charge in [-0.2, -0.15) is 0 Å². The Kier molecular flexibility index (Phi) is 5.84. The molecule has 6 nitrogen and oxygen atoms in total. The standard InChI is InChI=1S/C11H14ClNO5/c1-2-17-6-8(14)7-18-9-3-4-11(13(15)16)10(12)5-9/h3-5,8,14H,2,6-7H2,1H3. The number of halogens is 1. The van der Waals surface area contributed by atoms with Crippen molar-refractivity contribution >= 4 is 17.3 Å². The van der Waals surface area contributed by atoms with Crippen LogP contribution in [0.4, 0.5) is 5.69 Å². The second kappa shape index (κ2) is 7.15. The summed E-state index contributed by atoms with van der Waals surface area (Å²) in [6.45, 7) is 2.55. The Hall–Kier alpha value is -1.37. The van der Waals surface area contributed by atoms with E-state index in [0.717, 1.165) is 0 Å². The van der Waals surface area contributed by atoms with Gasteiger partial charge in [-0.3, -0.25) is 10.1 Å². The first-order valence-corrected chi connectivity index (χ1v) is 5.75. The minimum absolute atomic E-state index is 0.00296. The van der Waals surface area contributed by atoms with Crippen molar-refractivity contribution in [2.45, 2.75) is 13.0 Å². The normalized spacial score (nSPS) is 12.2. The number of aliphatic hydroxyl groups is 1. The van der Waals surface area contributed by atoms with Crippen LogP contribution in [0.5, 0.6) is 5.75 Å². The molecule has 1 aromatic rings. The molecule has 100 valence electrons. The first-order valence-electron chi connectivity index (χ1n) is 5.37. The molecule has 0 heterocycles. The van der Waals surface area contributed by atoms with E-state index < -0.39 is 11.0 Å². The minimum atomic E-state index is -0.751. The number of nitrogens with zero attached hydrogens (tertiary/aromatic N) is 1. The van der Waals surface area contributed by atoms with Crippen LogP contribution in [0.2, 0.25) is 5.02 Å². The Bertz CT molecular complexity index is 412. The molecule has 0 bridgehead atoms. The smallest absolute Gasteiger partial charge is 0.288 e. The third kappa shape index (κ3) is 4.48. The summed E-state index contributed by atoms with van der Waals surface area (Å²) in [7, 11) is 0. The van der Waals surface area contributed by atoms with Gasteiger partial charge in [-0.05, 0) is 13.0 Å². The lowest BCUT2D eigenvalue weighted by Crippen LogP contribution is -2.23. The van der Waals surface area contributed by atoms with Crippen LogP contribution in [-0.4, -0.2) is 36.0 Å². The van der Waals surface area contributed by atoms with E-state index in [4.69, 9.17) is 21.1 Å². The molecule has 0 amide bonds. The Morgan fingerprint density at radius 1 is 1.50 bits per heavy atom. The summed E-state index contributed by atoms with van der Waals surface area (Å²) >= 11 is 5.71. The summed E-state index contributed by atoms with van der Waals surface area (Å²) in [5.74, 6) is 0.362. The molecule has 7 heteroatoms. The van der Waals surface area contributed by atoms with E-state index in [1.165, 1.54) is 18.2 Å². The topological polar surface area (TPSA) is 81.8 Å². The van der Waals surface area contributed by atoms with Crippen molar-refractivity contribution in [3.63, 3.8) is 0 Å². The fourth-order valence-corrected chi connectivity index (χ4v) is 1.46. The molecule has 0 radical (unpaired) electrons. The predicted octanol–water partition coefficient (Wildman–Crippen LogP) is 2.02. The molecule has 0 saturated carbocycles. The molecule has 0 aliphatic carbocycles. The molecule has 1 rings (SSSR count). The molecule has 0 aliphatic heterocycles. The van der Waals surface area contributed by atoms with Crippen molar-refractivity contribution in [1.82, 2.24) is 0 Å². The van der Waals surface area contributed by atoms with Crippen molar-refractivity contribution in [2.24, 2.45) is 0 Å². The van der Waals surface area contributed by atoms with Gasteiger partial charge in [-0.1, -0.05) is 11.6 Å². The van der Waals surface area contributed by atoms with E-state index in [0.29, 0.717) is 12.4 Å². The number of hydrogen-bond acceptors (Lipinski definition) is 5. The SMILES string of the molecule is CCOCC(O)COc1ccc([N+](=O)[O-])c(Cl)c1. The zero-order valence-corrected chi connectivity index (χ0v) is 10.6. The molecule has 0 saturated heterocycles. The maximum absolute atomic E-state index is 10.5. The van der Waals surface area contributed by atoms with E-state index >= 15 is 0 Å². The average Bonchev–Trinajstić information content (AvgIpc) is 2.33. The number of nitro benzene ring substituents is 1. The van der Waals surface area contributed by atoms with Crippen molar-refractivity contribution in [3.05, 3.63) is 33.3 Å². The summed E-state index contributed by atoms with van der Waals surface area (Å²) < 4.78 is 10.3. The summed E-state index contributed by atoms with van der Waals surface area (Å²) in [6.07, 6.45) is -0.751. The van der Waals surface area contributed by atoms with Crippen LogP contribution < -0.4 is 4.74 Å². The molecule has 0 aromatic heterocycles. The number of aliphatic hydroxyl groups excluding tert-OH is 1. The van der Waals surface area contributed by atoms with Crippen LogP contribution in [0.1, 0.15) is 6.92 Å². The van der Waals surface area contributed by atoms with Crippen LogP contribution in [0.3, 0.4) is 0 Å². The third-order valence-corrected chi connectivity index (χ3v) is 2.38. The highest BCUT2D eigenvalue weighted by molar-refractivity contribution is 6.32. The van der Waals surface area contributed by atoms with Gasteiger partial charge in [0.1, 0.15) is 23.5 Å². The van der Waals surface area contributed by atoms with Gasteiger partial charge in [0.05, 0.1) is 11.5 Å². The summed E-state index contributed by atoms with van der Waals surface area (Å²) in [4.78, 5) is 9.97. The lowest BCUT2D eigenvalue weighted by Gasteiger charge is -2.12. The maximum atomic E-state index is 10.5. The molecule has 18 heavy (non-hydrogen) atoms. The number of benzene rings is 1. The van der Waals surface area contributed by atoms with Crippen LogP contribution in [0.15, 0.2) is 18.2 Å². The van der Waals surface area contributed by atoms with Gasteiger partial charge >= 0.3 is 0 Å². The highest BCUT2D eigenvalue weighted by Crippen LogP contribution is 2.28. The zero-order valence-electron chi connectivity index (χ0n) is 9.84. The third-order valence-electron chi connectivity index (χ3n) is 2.07. The lowest BCUT2D eigenvalue weighted by molar-refractivity contribution is -0.384. The van der Waals surface area contributed by atoms with Crippen LogP contribution in [0.25, 0.3) is 0 Å². The van der Waals surface area contributed by atoms with Crippen LogP contribution in [-0.2, 0) is 4.74 Å². The van der Waals surface area contributed by atoms with E-state index in [2.05, 4.69) is 0 Å². The molecule has 0 spiro atoms. The highest BCUT2D eigenvalue weighted by atomic mass is 35.5. The quantitative estimate of drug-likeness (QED) is 0.608. The summed E-state index contributed by atoms with van der Waals surface area (Å²) in [5, 5.41) is 20.0. The van der Waals surface area contributed by atoms with E-state index in [1.54, 1.807) is 0 Å². The van der Waals surface area contributed by atoms with Gasteiger partial charge in [0.2, 0.25) is 0 Å². The molecule has 1 aromatic carbocycles. The van der Waals surface area contributed by atoms with Gasteiger partial charge in [-0.15, -0.1) is 0 Å². The fraction of sp³-hybridized carbons (Fsp3) is 0.455. The van der Waals surface area contributed by atoms with Crippen molar-refractivity contribution in [1.29, 1.82) is 0 Å². The molecule has 0 aliphatic rings. The van der Waals surface area contributed by atoms with E-state index in [-0.39, 0.29) is 23.9 Å². The number of rotatable bonds is 7. The maximum Gasteiger partial charge on any atom is 0.288 e. The average molecular weight is 276 g/mol. The summed E-state index contributed by atoms with van der Waals surface area (Å²) in [5.41, 5.74) is -0.182. The fourth-order valence-electron chi connectivity index (χ4n) is 1.22. The van der Waals surface area contributed by atoms with Gasteiger partial charge in [0.15, 0.2) is 0 Å². The Morgan fingerprint density at radius 2 is 2.22 bits per heavy atom. The largest absolute Gasteiger partial charge is 0.491 e. The second-order valence-electron chi connectivity index (χ2n) is 3.49. The molecule has 1 unspecified atom stereocenters. The van der Waals surface area contributed by atoms with Gasteiger partial charge in [0.25, 0.3) is 5.69 Å².